The highest BCUT2D eigenvalue weighted by Gasteiger charge is 2.14. The normalized spacial score (nSPS) is 10.5. The number of likely N-dealkylation sites (N-methyl/N-ethyl adjacent to an activating group) is 1. The first-order chi connectivity index (χ1) is 11.6. The van der Waals surface area contributed by atoms with Crippen molar-refractivity contribution in [2.75, 3.05) is 12.4 Å². The van der Waals surface area contributed by atoms with Gasteiger partial charge in [0.05, 0.1) is 5.56 Å². The molecule has 0 radical (unpaired) electrons. The van der Waals surface area contributed by atoms with Gasteiger partial charge in [0.1, 0.15) is 12.3 Å². The first-order valence-electron chi connectivity index (χ1n) is 7.34. The number of nitrogens with one attached hydrogen (secondary N) is 2. The quantitative estimate of drug-likeness (QED) is 0.681. The van der Waals surface area contributed by atoms with Crippen LogP contribution >= 0.6 is 0 Å². The van der Waals surface area contributed by atoms with Crippen LogP contribution in [0, 0.1) is 0 Å². The summed E-state index contributed by atoms with van der Waals surface area (Å²) >= 11 is 0. The molecule has 0 saturated heterocycles. The van der Waals surface area contributed by atoms with E-state index in [1.54, 1.807) is 37.5 Å². The van der Waals surface area contributed by atoms with Crippen molar-refractivity contribution in [3.63, 3.8) is 0 Å². The number of rotatable bonds is 4. The van der Waals surface area contributed by atoms with Crippen LogP contribution in [-0.4, -0.2) is 33.7 Å². The molecule has 0 saturated carbocycles. The van der Waals surface area contributed by atoms with Crippen molar-refractivity contribution < 1.29 is 14.7 Å². The van der Waals surface area contributed by atoms with E-state index in [-0.39, 0.29) is 24.1 Å². The molecule has 2 aromatic carbocycles. The van der Waals surface area contributed by atoms with E-state index in [0.29, 0.717) is 16.8 Å². The average Bonchev–Trinajstić information content (AvgIpc) is 3.01. The maximum absolute atomic E-state index is 12.5. The Balaban J connectivity index is 1.85. The Labute approximate surface area is 137 Å². The van der Waals surface area contributed by atoms with Gasteiger partial charge in [-0.3, -0.25) is 14.3 Å². The molecule has 0 spiro atoms. The minimum Gasteiger partial charge on any atom is -0.507 e. The van der Waals surface area contributed by atoms with Gasteiger partial charge in [-0.2, -0.15) is 5.10 Å². The van der Waals surface area contributed by atoms with Crippen molar-refractivity contribution in [2.24, 2.45) is 0 Å². The number of anilines is 1. The molecular weight excluding hydrogens is 308 g/mol. The summed E-state index contributed by atoms with van der Waals surface area (Å²) in [6, 6.07) is 11.9. The van der Waals surface area contributed by atoms with Crippen LogP contribution in [0.3, 0.4) is 0 Å². The minimum atomic E-state index is -0.382. The smallest absolute Gasteiger partial charge is 0.257 e. The second-order valence-corrected chi connectivity index (χ2v) is 5.21. The molecule has 3 N–H and O–H groups in total. The number of fused-ring (bicyclic) bond motifs is 1. The molecule has 0 fully saturated rings. The van der Waals surface area contributed by atoms with Gasteiger partial charge in [0.15, 0.2) is 5.82 Å². The van der Waals surface area contributed by atoms with E-state index in [2.05, 4.69) is 15.7 Å². The molecule has 7 heteroatoms. The summed E-state index contributed by atoms with van der Waals surface area (Å²) in [7, 11) is 1.54. The molecule has 0 aliphatic heterocycles. The first kappa shape index (κ1) is 15.5. The van der Waals surface area contributed by atoms with Crippen LogP contribution in [0.4, 0.5) is 5.82 Å². The third-order valence-corrected chi connectivity index (χ3v) is 3.59. The predicted molar refractivity (Wildman–Crippen MR) is 89.9 cm³/mol. The lowest BCUT2D eigenvalue weighted by molar-refractivity contribution is -0.121. The number of hydrogen-bond donors (Lipinski definition) is 3. The number of aromatic nitrogens is 2. The lowest BCUT2D eigenvalue weighted by Crippen LogP contribution is -2.23. The maximum atomic E-state index is 12.5. The van der Waals surface area contributed by atoms with Gasteiger partial charge in [-0.1, -0.05) is 24.3 Å². The van der Waals surface area contributed by atoms with Crippen LogP contribution in [0.15, 0.2) is 48.7 Å². The van der Waals surface area contributed by atoms with Crippen LogP contribution in [0.2, 0.25) is 0 Å². The van der Waals surface area contributed by atoms with Gasteiger partial charge in [-0.05, 0) is 17.5 Å². The molecule has 1 aromatic heterocycles. The van der Waals surface area contributed by atoms with Gasteiger partial charge in [-0.25, -0.2) is 0 Å². The van der Waals surface area contributed by atoms with Crippen LogP contribution in [0.5, 0.6) is 5.75 Å². The minimum absolute atomic E-state index is 0.0448. The Morgan fingerprint density at radius 2 is 1.92 bits per heavy atom. The number of phenolic OH excluding ortho intramolecular Hbond substituents is 1. The predicted octanol–water partition coefficient (Wildman–Crippen LogP) is 1.74. The van der Waals surface area contributed by atoms with Crippen molar-refractivity contribution in [3.8, 4) is 5.75 Å². The Morgan fingerprint density at radius 3 is 2.67 bits per heavy atom. The van der Waals surface area contributed by atoms with E-state index in [4.69, 9.17) is 0 Å². The molecule has 122 valence electrons. The van der Waals surface area contributed by atoms with Crippen molar-refractivity contribution in [1.29, 1.82) is 0 Å². The number of carbonyl (C=O) groups is 2. The number of nitrogens with zero attached hydrogens (tertiary/aromatic N) is 2. The van der Waals surface area contributed by atoms with Gasteiger partial charge in [0.25, 0.3) is 5.91 Å². The molecule has 3 aromatic rings. The fourth-order valence-corrected chi connectivity index (χ4v) is 2.44. The molecule has 0 aliphatic carbocycles. The molecule has 2 amide bonds. The van der Waals surface area contributed by atoms with Crippen molar-refractivity contribution >= 4 is 28.4 Å². The third kappa shape index (κ3) is 3.05. The van der Waals surface area contributed by atoms with Gasteiger partial charge < -0.3 is 15.7 Å². The van der Waals surface area contributed by atoms with E-state index in [9.17, 15) is 14.7 Å². The molecule has 0 bridgehead atoms. The summed E-state index contributed by atoms with van der Waals surface area (Å²) in [5.41, 5.74) is 0.353. The van der Waals surface area contributed by atoms with Crippen molar-refractivity contribution in [1.82, 2.24) is 15.1 Å². The number of benzene rings is 2. The third-order valence-electron chi connectivity index (χ3n) is 3.59. The van der Waals surface area contributed by atoms with Crippen molar-refractivity contribution in [3.05, 3.63) is 54.2 Å². The van der Waals surface area contributed by atoms with Crippen molar-refractivity contribution in [2.45, 2.75) is 6.54 Å². The highest BCUT2D eigenvalue weighted by atomic mass is 16.3. The van der Waals surface area contributed by atoms with E-state index in [0.717, 1.165) is 5.39 Å². The fraction of sp³-hybridized carbons (Fsp3) is 0.118. The number of hydrogen-bond acceptors (Lipinski definition) is 4. The lowest BCUT2D eigenvalue weighted by Gasteiger charge is -2.08. The standard InChI is InChI=1S/C17H16N4O3/c1-18-15(23)10-21-9-8-14(20-21)19-17(24)12-6-2-4-11-5-3-7-13(22)16(11)12/h2-9,22H,10H2,1H3,(H,18,23)(H,19,20,24). The largest absolute Gasteiger partial charge is 0.507 e. The summed E-state index contributed by atoms with van der Waals surface area (Å²) in [4.78, 5) is 23.8. The maximum Gasteiger partial charge on any atom is 0.257 e. The van der Waals surface area contributed by atoms with Gasteiger partial charge in [0, 0.05) is 24.7 Å². The number of carbonyl (C=O) groups excluding carboxylic acids is 2. The monoisotopic (exact) mass is 324 g/mol. The van der Waals surface area contributed by atoms with Crippen LogP contribution in [-0.2, 0) is 11.3 Å². The SMILES string of the molecule is CNC(=O)Cn1ccc(NC(=O)c2cccc3cccc(O)c23)n1. The Hall–Kier alpha value is -3.35. The van der Waals surface area contributed by atoms with Gasteiger partial charge in [0.2, 0.25) is 5.91 Å². The molecule has 1 heterocycles. The van der Waals surface area contributed by atoms with Gasteiger partial charge in [-0.15, -0.1) is 0 Å². The molecule has 0 unspecified atom stereocenters. The topological polar surface area (TPSA) is 96.2 Å². The van der Waals surface area contributed by atoms with Crippen LogP contribution < -0.4 is 10.6 Å². The zero-order chi connectivity index (χ0) is 17.1. The van der Waals surface area contributed by atoms with E-state index < -0.39 is 0 Å². The average molecular weight is 324 g/mol. The molecule has 0 atom stereocenters. The molecule has 7 nitrogen and oxygen atoms in total. The summed E-state index contributed by atoms with van der Waals surface area (Å²) in [5.74, 6) is -0.193. The highest BCUT2D eigenvalue weighted by Crippen LogP contribution is 2.28. The summed E-state index contributed by atoms with van der Waals surface area (Å²) in [6.07, 6.45) is 1.60. The number of phenols is 1. The summed E-state index contributed by atoms with van der Waals surface area (Å²) in [6.45, 7) is 0.0709. The first-order valence-corrected chi connectivity index (χ1v) is 7.34. The Bertz CT molecular complexity index is 912. The zero-order valence-corrected chi connectivity index (χ0v) is 13.0. The Kier molecular flexibility index (Phi) is 4.15. The number of aromatic hydroxyl groups is 1. The van der Waals surface area contributed by atoms with E-state index in [1.807, 2.05) is 12.1 Å². The van der Waals surface area contributed by atoms with E-state index in [1.165, 1.54) is 10.7 Å². The number of amides is 2. The summed E-state index contributed by atoms with van der Waals surface area (Å²) < 4.78 is 1.43. The fourth-order valence-electron chi connectivity index (χ4n) is 2.44. The molecule has 24 heavy (non-hydrogen) atoms. The lowest BCUT2D eigenvalue weighted by atomic mass is 10.0. The molecule has 0 aliphatic rings. The molecular formula is C17H16N4O3. The second-order valence-electron chi connectivity index (χ2n) is 5.21. The second kappa shape index (κ2) is 6.41. The van der Waals surface area contributed by atoms with Gasteiger partial charge >= 0.3 is 0 Å². The molecule has 3 rings (SSSR count). The Morgan fingerprint density at radius 1 is 1.17 bits per heavy atom. The zero-order valence-electron chi connectivity index (χ0n) is 13.0. The van der Waals surface area contributed by atoms with E-state index >= 15 is 0 Å². The van der Waals surface area contributed by atoms with Crippen LogP contribution in [0.25, 0.3) is 10.8 Å². The highest BCUT2D eigenvalue weighted by molar-refractivity contribution is 6.14. The summed E-state index contributed by atoms with van der Waals surface area (Å²) in [5, 5.41) is 20.6. The van der Waals surface area contributed by atoms with Crippen LogP contribution in [0.1, 0.15) is 10.4 Å².